The number of rotatable bonds is 6. The van der Waals surface area contributed by atoms with Crippen LogP contribution in [0.25, 0.3) is 0 Å². The van der Waals surface area contributed by atoms with E-state index in [1.165, 1.54) is 22.9 Å². The van der Waals surface area contributed by atoms with Gasteiger partial charge in [0.1, 0.15) is 0 Å². The largest absolute Gasteiger partial charge is 0.356 e. The number of guanidine groups is 1. The summed E-state index contributed by atoms with van der Waals surface area (Å²) in [6.45, 7) is 2.52. The van der Waals surface area contributed by atoms with E-state index in [4.69, 9.17) is 0 Å². The van der Waals surface area contributed by atoms with Gasteiger partial charge in [0.2, 0.25) is 0 Å². The van der Waals surface area contributed by atoms with Gasteiger partial charge in [-0.05, 0) is 30.5 Å². The lowest BCUT2D eigenvalue weighted by Gasteiger charge is -2.20. The first-order valence-corrected chi connectivity index (χ1v) is 8.70. The van der Waals surface area contributed by atoms with E-state index < -0.39 is 0 Å². The van der Waals surface area contributed by atoms with E-state index in [0.717, 1.165) is 25.6 Å². The summed E-state index contributed by atoms with van der Waals surface area (Å²) >= 11 is 3.68. The minimum Gasteiger partial charge on any atom is -0.356 e. The fraction of sp³-hybridized carbons (Fsp3) is 0.412. The second-order valence-corrected chi connectivity index (χ2v) is 6.74. The van der Waals surface area contributed by atoms with Crippen LogP contribution < -0.4 is 10.6 Å². The molecule has 0 unspecified atom stereocenters. The third kappa shape index (κ3) is 3.93. The van der Waals surface area contributed by atoms with Crippen LogP contribution in [0.4, 0.5) is 0 Å². The van der Waals surface area contributed by atoms with Crippen LogP contribution in [0.1, 0.15) is 18.4 Å². The van der Waals surface area contributed by atoms with E-state index in [9.17, 15) is 0 Å². The summed E-state index contributed by atoms with van der Waals surface area (Å²) in [6, 6.07) is 10.4. The summed E-state index contributed by atoms with van der Waals surface area (Å²) in [5, 5.41) is 11.0. The molecule has 0 spiro atoms. The Morgan fingerprint density at radius 3 is 2.78 bits per heavy atom. The predicted octanol–water partition coefficient (Wildman–Crippen LogP) is 2.54. The van der Waals surface area contributed by atoms with Crippen LogP contribution in [0.15, 0.2) is 52.2 Å². The minimum absolute atomic E-state index is 0.236. The van der Waals surface area contributed by atoms with Crippen molar-refractivity contribution in [3.63, 3.8) is 0 Å². The molecule has 0 amide bonds. The summed E-state index contributed by atoms with van der Waals surface area (Å²) in [5.74, 6) is 0.843. The van der Waals surface area contributed by atoms with Gasteiger partial charge in [-0.3, -0.25) is 9.67 Å². The van der Waals surface area contributed by atoms with Crippen LogP contribution >= 0.6 is 15.9 Å². The Kier molecular flexibility index (Phi) is 5.00. The molecule has 0 atom stereocenters. The molecule has 1 fully saturated rings. The molecule has 3 rings (SSSR count). The lowest BCUT2D eigenvalue weighted by atomic mass is 9.96. The van der Waals surface area contributed by atoms with Crippen LogP contribution in [-0.2, 0) is 12.0 Å². The highest BCUT2D eigenvalue weighted by Gasteiger charge is 2.45. The highest BCUT2D eigenvalue weighted by atomic mass is 79.9. The van der Waals surface area contributed by atoms with E-state index in [-0.39, 0.29) is 5.41 Å². The molecule has 5 nitrogen and oxygen atoms in total. The number of halogens is 1. The van der Waals surface area contributed by atoms with Gasteiger partial charge in [0, 0.05) is 42.4 Å². The molecule has 0 aliphatic heterocycles. The van der Waals surface area contributed by atoms with Crippen molar-refractivity contribution < 1.29 is 0 Å². The molecule has 1 saturated carbocycles. The Bertz CT molecular complexity index is 661. The Hall–Kier alpha value is -1.82. The van der Waals surface area contributed by atoms with Gasteiger partial charge >= 0.3 is 0 Å². The average Bonchev–Trinajstić information content (AvgIpc) is 3.17. The third-order valence-electron chi connectivity index (χ3n) is 4.31. The molecule has 122 valence electrons. The molecule has 23 heavy (non-hydrogen) atoms. The maximum Gasteiger partial charge on any atom is 0.191 e. The van der Waals surface area contributed by atoms with Gasteiger partial charge in [-0.1, -0.05) is 34.1 Å². The molecule has 2 aromatic rings. The highest BCUT2D eigenvalue weighted by molar-refractivity contribution is 9.10. The van der Waals surface area contributed by atoms with Gasteiger partial charge < -0.3 is 10.6 Å². The van der Waals surface area contributed by atoms with Gasteiger partial charge in [-0.25, -0.2) is 0 Å². The van der Waals surface area contributed by atoms with E-state index in [0.29, 0.717) is 0 Å². The topological polar surface area (TPSA) is 54.2 Å². The monoisotopic (exact) mass is 375 g/mol. The van der Waals surface area contributed by atoms with Crippen molar-refractivity contribution in [2.75, 3.05) is 20.1 Å². The van der Waals surface area contributed by atoms with E-state index in [1.54, 1.807) is 13.2 Å². The molecule has 1 aliphatic carbocycles. The Balaban J connectivity index is 1.51. The molecular weight excluding hydrogens is 354 g/mol. The molecular formula is C17H22BrN5. The molecule has 1 aromatic carbocycles. The third-order valence-corrected chi connectivity index (χ3v) is 5.00. The summed E-state index contributed by atoms with van der Waals surface area (Å²) in [6.07, 6.45) is 6.19. The first-order valence-electron chi connectivity index (χ1n) is 7.90. The SMILES string of the molecule is CN=C(NCCn1cccn1)NCC1(c2ccccc2Br)CC1. The van der Waals surface area contributed by atoms with E-state index in [2.05, 4.69) is 60.9 Å². The van der Waals surface area contributed by atoms with Crippen molar-refractivity contribution >= 4 is 21.9 Å². The number of hydrogen-bond acceptors (Lipinski definition) is 2. The second-order valence-electron chi connectivity index (χ2n) is 5.88. The quantitative estimate of drug-likeness (QED) is 0.602. The summed E-state index contributed by atoms with van der Waals surface area (Å²) < 4.78 is 3.10. The lowest BCUT2D eigenvalue weighted by Crippen LogP contribution is -2.42. The molecule has 1 heterocycles. The molecule has 6 heteroatoms. The molecule has 0 bridgehead atoms. The van der Waals surface area contributed by atoms with Crippen molar-refractivity contribution in [2.24, 2.45) is 4.99 Å². The molecule has 1 aromatic heterocycles. The van der Waals surface area contributed by atoms with E-state index >= 15 is 0 Å². The maximum atomic E-state index is 4.31. The van der Waals surface area contributed by atoms with Crippen molar-refractivity contribution in [3.8, 4) is 0 Å². The zero-order valence-corrected chi connectivity index (χ0v) is 14.9. The van der Waals surface area contributed by atoms with Gasteiger partial charge in [0.05, 0.1) is 6.54 Å². The molecule has 1 aliphatic rings. The average molecular weight is 376 g/mol. The van der Waals surface area contributed by atoms with Gasteiger partial charge in [0.15, 0.2) is 5.96 Å². The van der Waals surface area contributed by atoms with Gasteiger partial charge in [-0.15, -0.1) is 0 Å². The predicted molar refractivity (Wildman–Crippen MR) is 96.6 cm³/mol. The van der Waals surface area contributed by atoms with Crippen molar-refractivity contribution in [1.29, 1.82) is 0 Å². The van der Waals surface area contributed by atoms with Crippen LogP contribution in [-0.4, -0.2) is 35.9 Å². The van der Waals surface area contributed by atoms with Gasteiger partial charge in [0.25, 0.3) is 0 Å². The van der Waals surface area contributed by atoms with Crippen molar-refractivity contribution in [3.05, 3.63) is 52.8 Å². The fourth-order valence-electron chi connectivity index (χ4n) is 2.78. The first-order chi connectivity index (χ1) is 11.2. The summed E-state index contributed by atoms with van der Waals surface area (Å²) in [7, 11) is 1.81. The molecule has 2 N–H and O–H groups in total. The Labute approximate surface area is 145 Å². The number of nitrogens with one attached hydrogen (secondary N) is 2. The second kappa shape index (κ2) is 7.17. The molecule has 0 radical (unpaired) electrons. The van der Waals surface area contributed by atoms with Crippen molar-refractivity contribution in [1.82, 2.24) is 20.4 Å². The number of benzene rings is 1. The smallest absolute Gasteiger partial charge is 0.191 e. The fourth-order valence-corrected chi connectivity index (χ4v) is 3.48. The number of aromatic nitrogens is 2. The summed E-state index contributed by atoms with van der Waals surface area (Å²) in [5.41, 5.74) is 1.62. The number of aliphatic imine (C=N–C) groups is 1. The highest BCUT2D eigenvalue weighted by Crippen LogP contribution is 2.49. The van der Waals surface area contributed by atoms with Crippen LogP contribution in [0.3, 0.4) is 0 Å². The Morgan fingerprint density at radius 2 is 2.13 bits per heavy atom. The lowest BCUT2D eigenvalue weighted by molar-refractivity contribution is 0.590. The van der Waals surface area contributed by atoms with Crippen LogP contribution in [0.2, 0.25) is 0 Å². The minimum atomic E-state index is 0.236. The summed E-state index contributed by atoms with van der Waals surface area (Å²) in [4.78, 5) is 4.31. The Morgan fingerprint density at radius 1 is 1.30 bits per heavy atom. The van der Waals surface area contributed by atoms with Crippen molar-refractivity contribution in [2.45, 2.75) is 24.8 Å². The zero-order chi connectivity index (χ0) is 16.1. The van der Waals surface area contributed by atoms with Gasteiger partial charge in [-0.2, -0.15) is 5.10 Å². The standard InChI is InChI=1S/C17H22BrN5/c1-19-16(20-10-12-23-11-4-9-22-23)21-13-17(7-8-17)14-5-2-3-6-15(14)18/h2-6,9,11H,7-8,10,12-13H2,1H3,(H2,19,20,21). The zero-order valence-electron chi connectivity index (χ0n) is 13.3. The normalized spacial score (nSPS) is 16.2. The maximum absolute atomic E-state index is 4.31. The first kappa shape index (κ1) is 16.1. The van der Waals surface area contributed by atoms with E-state index in [1.807, 2.05) is 16.9 Å². The molecule has 0 saturated heterocycles. The van der Waals surface area contributed by atoms with Crippen LogP contribution in [0, 0.1) is 0 Å². The number of hydrogen-bond donors (Lipinski definition) is 2. The van der Waals surface area contributed by atoms with Crippen LogP contribution in [0.5, 0.6) is 0 Å². The number of nitrogens with zero attached hydrogens (tertiary/aromatic N) is 3.